The predicted octanol–water partition coefficient (Wildman–Crippen LogP) is 3.44. The van der Waals surface area contributed by atoms with Gasteiger partial charge in [0, 0.05) is 21.8 Å². The van der Waals surface area contributed by atoms with E-state index in [-0.39, 0.29) is 0 Å². The number of nitrogens with zero attached hydrogens (tertiary/aromatic N) is 2. The van der Waals surface area contributed by atoms with E-state index in [4.69, 9.17) is 0 Å². The Morgan fingerprint density at radius 3 is 2.59 bits per heavy atom. The summed E-state index contributed by atoms with van der Waals surface area (Å²) in [6.07, 6.45) is 2.96. The van der Waals surface area contributed by atoms with Crippen LogP contribution in [-0.4, -0.2) is 15.1 Å². The van der Waals surface area contributed by atoms with E-state index in [9.17, 15) is 5.11 Å². The van der Waals surface area contributed by atoms with Crippen molar-refractivity contribution in [1.29, 1.82) is 0 Å². The van der Waals surface area contributed by atoms with Crippen LogP contribution in [0.15, 0.2) is 51.2 Å². The summed E-state index contributed by atoms with van der Waals surface area (Å²) in [5.74, 6) is 0. The van der Waals surface area contributed by atoms with Crippen molar-refractivity contribution in [3.05, 3.63) is 46.7 Å². The summed E-state index contributed by atoms with van der Waals surface area (Å²) in [6, 6.07) is 7.60. The summed E-state index contributed by atoms with van der Waals surface area (Å²) < 4.78 is 0.897. The van der Waals surface area contributed by atoms with Gasteiger partial charge in [-0.2, -0.15) is 0 Å². The fourth-order valence-electron chi connectivity index (χ4n) is 1.35. The third kappa shape index (κ3) is 3.28. The Balaban J connectivity index is 2.21. The third-order valence-corrected chi connectivity index (χ3v) is 3.74. The molecule has 0 amide bonds. The number of aliphatic hydroxyl groups is 1. The van der Waals surface area contributed by atoms with Crippen molar-refractivity contribution in [2.45, 2.75) is 23.1 Å². The molecule has 0 spiro atoms. The second kappa shape index (κ2) is 5.62. The van der Waals surface area contributed by atoms with Crippen LogP contribution in [0.4, 0.5) is 0 Å². The highest BCUT2D eigenvalue weighted by atomic mass is 79.9. The molecular weight excluding hydrogens is 300 g/mol. The van der Waals surface area contributed by atoms with E-state index < -0.39 is 6.10 Å². The van der Waals surface area contributed by atoms with Crippen LogP contribution in [0.25, 0.3) is 0 Å². The van der Waals surface area contributed by atoms with Gasteiger partial charge in [0.05, 0.1) is 6.10 Å². The molecule has 88 valence electrons. The standard InChI is InChI=1S/C12H11BrN2OS/c1-8(16)10-4-3-9(7-11(10)13)17-12-14-5-2-6-15-12/h2-8,16H,1H3. The molecule has 3 nitrogen and oxygen atoms in total. The molecule has 0 radical (unpaired) electrons. The fourth-order valence-corrected chi connectivity index (χ4v) is 2.97. The lowest BCUT2D eigenvalue weighted by molar-refractivity contribution is 0.198. The van der Waals surface area contributed by atoms with Crippen molar-refractivity contribution in [3.8, 4) is 0 Å². The molecule has 0 fully saturated rings. The zero-order valence-corrected chi connectivity index (χ0v) is 11.6. The highest BCUT2D eigenvalue weighted by Crippen LogP contribution is 2.31. The monoisotopic (exact) mass is 310 g/mol. The Morgan fingerprint density at radius 2 is 2.00 bits per heavy atom. The van der Waals surface area contributed by atoms with E-state index >= 15 is 0 Å². The smallest absolute Gasteiger partial charge is 0.192 e. The van der Waals surface area contributed by atoms with E-state index in [0.717, 1.165) is 14.9 Å². The number of halogens is 1. The molecule has 0 saturated heterocycles. The van der Waals surface area contributed by atoms with Gasteiger partial charge in [0.1, 0.15) is 0 Å². The second-order valence-electron chi connectivity index (χ2n) is 3.49. The van der Waals surface area contributed by atoms with E-state index in [2.05, 4.69) is 25.9 Å². The summed E-state index contributed by atoms with van der Waals surface area (Å²) in [5.41, 5.74) is 0.878. The topological polar surface area (TPSA) is 46.0 Å². The van der Waals surface area contributed by atoms with Crippen LogP contribution in [0.5, 0.6) is 0 Å². The second-order valence-corrected chi connectivity index (χ2v) is 5.39. The van der Waals surface area contributed by atoms with E-state index in [1.807, 2.05) is 18.2 Å². The summed E-state index contributed by atoms with van der Waals surface area (Å²) in [5, 5.41) is 10.2. The SMILES string of the molecule is CC(O)c1ccc(Sc2ncccn2)cc1Br. The Hall–Kier alpha value is -0.910. The largest absolute Gasteiger partial charge is 0.389 e. The molecule has 0 saturated carbocycles. The van der Waals surface area contributed by atoms with Crippen LogP contribution in [0, 0.1) is 0 Å². The number of benzene rings is 1. The van der Waals surface area contributed by atoms with Crippen molar-refractivity contribution >= 4 is 27.7 Å². The summed E-state index contributed by atoms with van der Waals surface area (Å²) in [6.45, 7) is 1.74. The van der Waals surface area contributed by atoms with Crippen molar-refractivity contribution < 1.29 is 5.11 Å². The maximum Gasteiger partial charge on any atom is 0.192 e. The Bertz CT molecular complexity index is 505. The van der Waals surface area contributed by atoms with Gasteiger partial charge in [-0.15, -0.1) is 0 Å². The first-order valence-corrected chi connectivity index (χ1v) is 6.70. The molecule has 2 rings (SSSR count). The minimum Gasteiger partial charge on any atom is -0.389 e. The molecule has 1 aromatic carbocycles. The van der Waals surface area contributed by atoms with Crippen LogP contribution < -0.4 is 0 Å². The number of aromatic nitrogens is 2. The average molecular weight is 311 g/mol. The molecule has 17 heavy (non-hydrogen) atoms. The molecule has 0 aliphatic heterocycles. The first-order chi connectivity index (χ1) is 8.16. The van der Waals surface area contributed by atoms with Crippen molar-refractivity contribution in [2.24, 2.45) is 0 Å². The Morgan fingerprint density at radius 1 is 1.29 bits per heavy atom. The zero-order valence-electron chi connectivity index (χ0n) is 9.17. The van der Waals surface area contributed by atoms with Crippen molar-refractivity contribution in [3.63, 3.8) is 0 Å². The van der Waals surface area contributed by atoms with E-state index in [1.165, 1.54) is 11.8 Å². The van der Waals surface area contributed by atoms with Gasteiger partial charge in [0.25, 0.3) is 0 Å². The molecule has 0 aliphatic carbocycles. The lowest BCUT2D eigenvalue weighted by atomic mass is 10.1. The fraction of sp³-hybridized carbons (Fsp3) is 0.167. The molecule has 0 aliphatic rings. The van der Waals surface area contributed by atoms with Crippen LogP contribution in [-0.2, 0) is 0 Å². The van der Waals surface area contributed by atoms with E-state index in [0.29, 0.717) is 5.16 Å². The number of hydrogen-bond donors (Lipinski definition) is 1. The van der Waals surface area contributed by atoms with Gasteiger partial charge in [-0.3, -0.25) is 0 Å². The van der Waals surface area contributed by atoms with Crippen LogP contribution in [0.1, 0.15) is 18.6 Å². The predicted molar refractivity (Wildman–Crippen MR) is 70.9 cm³/mol. The number of aliphatic hydroxyl groups excluding tert-OH is 1. The molecule has 1 atom stereocenters. The quantitative estimate of drug-likeness (QED) is 0.882. The van der Waals surface area contributed by atoms with Gasteiger partial charge in [-0.05, 0) is 42.4 Å². The first kappa shape index (κ1) is 12.5. The molecule has 1 unspecified atom stereocenters. The Labute approximate surface area is 112 Å². The molecule has 1 heterocycles. The lowest BCUT2D eigenvalue weighted by Gasteiger charge is -2.08. The number of rotatable bonds is 3. The van der Waals surface area contributed by atoms with E-state index in [1.54, 1.807) is 25.4 Å². The van der Waals surface area contributed by atoms with Gasteiger partial charge in [0.2, 0.25) is 0 Å². The molecular formula is C12H11BrN2OS. The lowest BCUT2D eigenvalue weighted by Crippen LogP contribution is -1.92. The van der Waals surface area contributed by atoms with Gasteiger partial charge in [-0.1, -0.05) is 22.0 Å². The van der Waals surface area contributed by atoms with Gasteiger partial charge < -0.3 is 5.11 Å². The van der Waals surface area contributed by atoms with Crippen LogP contribution >= 0.6 is 27.7 Å². The van der Waals surface area contributed by atoms with Crippen molar-refractivity contribution in [2.75, 3.05) is 0 Å². The molecule has 2 aromatic rings. The molecule has 1 N–H and O–H groups in total. The van der Waals surface area contributed by atoms with Gasteiger partial charge in [0.15, 0.2) is 5.16 Å². The number of hydrogen-bond acceptors (Lipinski definition) is 4. The normalized spacial score (nSPS) is 12.4. The zero-order chi connectivity index (χ0) is 12.3. The van der Waals surface area contributed by atoms with Crippen LogP contribution in [0.2, 0.25) is 0 Å². The summed E-state index contributed by atoms with van der Waals surface area (Å²) >= 11 is 4.94. The minimum absolute atomic E-state index is 0.476. The van der Waals surface area contributed by atoms with Gasteiger partial charge >= 0.3 is 0 Å². The highest BCUT2D eigenvalue weighted by Gasteiger charge is 2.07. The molecule has 0 bridgehead atoms. The maximum absolute atomic E-state index is 9.52. The Kier molecular flexibility index (Phi) is 4.15. The summed E-state index contributed by atoms with van der Waals surface area (Å²) in [7, 11) is 0. The maximum atomic E-state index is 9.52. The first-order valence-electron chi connectivity index (χ1n) is 5.09. The van der Waals surface area contributed by atoms with Crippen molar-refractivity contribution in [1.82, 2.24) is 9.97 Å². The molecule has 5 heteroatoms. The average Bonchev–Trinajstić information content (AvgIpc) is 2.30. The third-order valence-electron chi connectivity index (χ3n) is 2.17. The minimum atomic E-state index is -0.476. The molecule has 1 aromatic heterocycles. The summed E-state index contributed by atoms with van der Waals surface area (Å²) in [4.78, 5) is 9.33. The van der Waals surface area contributed by atoms with Crippen LogP contribution in [0.3, 0.4) is 0 Å². The highest BCUT2D eigenvalue weighted by molar-refractivity contribution is 9.10. The van der Waals surface area contributed by atoms with Gasteiger partial charge in [-0.25, -0.2) is 9.97 Å².